The maximum absolute atomic E-state index is 13.3. The zero-order valence-electron chi connectivity index (χ0n) is 35.2. The first kappa shape index (κ1) is 42.6. The number of piperazine rings is 1. The highest BCUT2D eigenvalue weighted by Gasteiger charge is 2.50. The molecule has 0 radical (unpaired) electrons. The number of anilines is 2. The normalized spacial score (nSPS) is 25.8. The molecule has 3 aromatic rings. The highest BCUT2D eigenvalue weighted by atomic mass is 32.2. The fourth-order valence-electron chi connectivity index (χ4n) is 10.6. The van der Waals surface area contributed by atoms with Crippen molar-refractivity contribution in [2.75, 3.05) is 69.2 Å². The molecule has 13 nitrogen and oxygen atoms in total. The summed E-state index contributed by atoms with van der Waals surface area (Å²) in [6.45, 7) is 12.7. The number of nitrogens with zero attached hydrogens (tertiary/aromatic N) is 4. The number of nitro groups is 1. The van der Waals surface area contributed by atoms with Crippen molar-refractivity contribution in [1.82, 2.24) is 14.5 Å². The maximum Gasteiger partial charge on any atom is 0.293 e. The number of sulfonamides is 1. The van der Waals surface area contributed by atoms with Crippen LogP contribution in [0, 0.1) is 34.3 Å². The van der Waals surface area contributed by atoms with Crippen LogP contribution in [0.1, 0.15) is 98.7 Å². The third-order valence-corrected chi connectivity index (χ3v) is 15.8. The Morgan fingerprint density at radius 2 is 1.62 bits per heavy atom. The van der Waals surface area contributed by atoms with Crippen LogP contribution in [0.25, 0.3) is 0 Å². The minimum atomic E-state index is -4.39. The Morgan fingerprint density at radius 3 is 2.30 bits per heavy atom. The second-order valence-corrected chi connectivity index (χ2v) is 20.4. The van der Waals surface area contributed by atoms with Gasteiger partial charge in [0.25, 0.3) is 21.6 Å². The number of ether oxygens (including phenoxy) is 1. The van der Waals surface area contributed by atoms with E-state index < -0.39 is 26.5 Å². The SMILES string of the molecule is Cc1ccccc1[C@@H]1CN(CC2CCOCC2)CCN1C1CC2(CCN(c3ccc(C(=O)NS(=O)(=O)c4ccc(NCC5CCC(C)(O)CC5)c([N+](=O)[O-])c4)cc3)CC2)C1. The molecule has 1 spiro atoms. The van der Waals surface area contributed by atoms with E-state index in [1.54, 1.807) is 12.1 Å². The number of carbonyl (C=O) groups is 1. The lowest BCUT2D eigenvalue weighted by Gasteiger charge is -2.58. The highest BCUT2D eigenvalue weighted by Crippen LogP contribution is 2.53. The van der Waals surface area contributed by atoms with E-state index in [0.717, 1.165) is 89.3 Å². The average Bonchev–Trinajstić information content (AvgIpc) is 3.23. The van der Waals surface area contributed by atoms with E-state index >= 15 is 0 Å². The van der Waals surface area contributed by atoms with Gasteiger partial charge in [-0.2, -0.15) is 0 Å². The van der Waals surface area contributed by atoms with Gasteiger partial charge in [-0.25, -0.2) is 13.1 Å². The van der Waals surface area contributed by atoms with E-state index in [4.69, 9.17) is 4.74 Å². The Labute approximate surface area is 355 Å². The Bertz CT molecular complexity index is 2100. The van der Waals surface area contributed by atoms with Crippen molar-refractivity contribution in [3.63, 3.8) is 0 Å². The molecule has 0 bridgehead atoms. The molecule has 5 fully saturated rings. The molecule has 0 aromatic heterocycles. The molecule has 60 heavy (non-hydrogen) atoms. The van der Waals surface area contributed by atoms with E-state index in [-0.39, 0.29) is 27.8 Å². The summed E-state index contributed by atoms with van der Waals surface area (Å²) in [5.41, 5.74) is 3.52. The zero-order chi connectivity index (χ0) is 42.1. The lowest BCUT2D eigenvalue weighted by Crippen LogP contribution is -2.60. The van der Waals surface area contributed by atoms with E-state index in [1.165, 1.54) is 55.5 Å². The fourth-order valence-corrected chi connectivity index (χ4v) is 11.6. The van der Waals surface area contributed by atoms with Crippen molar-refractivity contribution in [2.45, 2.75) is 101 Å². The van der Waals surface area contributed by atoms with Gasteiger partial charge in [-0.1, -0.05) is 24.3 Å². The second kappa shape index (κ2) is 17.7. The van der Waals surface area contributed by atoms with Crippen LogP contribution in [0.4, 0.5) is 17.1 Å². The average molecular weight is 843 g/mol. The first-order valence-corrected chi connectivity index (χ1v) is 23.5. The largest absolute Gasteiger partial charge is 0.390 e. The third kappa shape index (κ3) is 9.68. The number of amides is 1. The molecule has 2 aliphatic carbocycles. The number of aliphatic hydroxyl groups is 1. The van der Waals surface area contributed by atoms with Gasteiger partial charge in [-0.15, -0.1) is 0 Å². The van der Waals surface area contributed by atoms with Gasteiger partial charge in [-0.05, 0) is 143 Å². The lowest BCUT2D eigenvalue weighted by molar-refractivity contribution is -0.384. The number of aryl methyl sites for hydroxylation is 1. The van der Waals surface area contributed by atoms with Gasteiger partial charge in [0.1, 0.15) is 5.69 Å². The molecule has 0 unspecified atom stereocenters. The van der Waals surface area contributed by atoms with Crippen molar-refractivity contribution >= 4 is 33.0 Å². The molecular formula is C46H62N6O7S. The smallest absolute Gasteiger partial charge is 0.293 e. The fraction of sp³-hybridized carbons (Fsp3) is 0.587. The van der Waals surface area contributed by atoms with Gasteiger partial charge in [0.15, 0.2) is 0 Å². The van der Waals surface area contributed by atoms with Gasteiger partial charge < -0.3 is 20.1 Å². The van der Waals surface area contributed by atoms with Gasteiger partial charge in [0.2, 0.25) is 0 Å². The summed E-state index contributed by atoms with van der Waals surface area (Å²) in [5.74, 6) is 0.169. The zero-order valence-corrected chi connectivity index (χ0v) is 36.0. The van der Waals surface area contributed by atoms with Crippen molar-refractivity contribution in [3.8, 4) is 0 Å². The summed E-state index contributed by atoms with van der Waals surface area (Å²) >= 11 is 0. The van der Waals surface area contributed by atoms with Gasteiger partial charge in [-0.3, -0.25) is 24.7 Å². The molecule has 8 rings (SSSR count). The molecule has 3 aromatic carbocycles. The lowest BCUT2D eigenvalue weighted by atomic mass is 9.59. The first-order valence-electron chi connectivity index (χ1n) is 22.0. The predicted molar refractivity (Wildman–Crippen MR) is 233 cm³/mol. The molecule has 3 heterocycles. The van der Waals surface area contributed by atoms with Crippen LogP contribution in [0.2, 0.25) is 0 Å². The van der Waals surface area contributed by atoms with Crippen molar-refractivity contribution in [3.05, 3.63) is 93.5 Å². The van der Waals surface area contributed by atoms with Crippen LogP contribution >= 0.6 is 0 Å². The molecule has 324 valence electrons. The monoisotopic (exact) mass is 842 g/mol. The number of carbonyl (C=O) groups excluding carboxylic acids is 1. The molecule has 3 aliphatic heterocycles. The quantitative estimate of drug-likeness (QED) is 0.129. The second-order valence-electron chi connectivity index (χ2n) is 18.7. The van der Waals surface area contributed by atoms with Crippen LogP contribution in [0.15, 0.2) is 71.6 Å². The molecule has 3 N–H and O–H groups in total. The summed E-state index contributed by atoms with van der Waals surface area (Å²) in [4.78, 5) is 32.0. The van der Waals surface area contributed by atoms with E-state index in [1.807, 2.05) is 19.1 Å². The standard InChI is InChI=1S/C46H62N6O7S/c1-33-5-3-4-6-40(33)43-32-49(31-35-15-25-59-26-16-35)23-24-51(43)38-28-46(29-38)19-21-50(22-20-46)37-9-7-36(8-10-37)44(53)48-60(57,58)39-11-12-41(42(27-39)52(55)56)47-30-34-13-17-45(2,54)18-14-34/h3-12,27,34-35,38,43,47,54H,13-26,28-32H2,1-2H3,(H,48,53)/t34?,43-,45?/m0/s1. The Balaban J connectivity index is 0.836. The predicted octanol–water partition coefficient (Wildman–Crippen LogP) is 6.91. The summed E-state index contributed by atoms with van der Waals surface area (Å²) < 4.78 is 34.3. The number of nitro benzene ring substituents is 1. The Hall–Kier alpha value is -4.08. The van der Waals surface area contributed by atoms with E-state index in [9.17, 15) is 28.4 Å². The van der Waals surface area contributed by atoms with Crippen molar-refractivity contribution in [1.29, 1.82) is 0 Å². The maximum atomic E-state index is 13.3. The van der Waals surface area contributed by atoms with Crippen LogP contribution in [0.3, 0.4) is 0 Å². The van der Waals surface area contributed by atoms with E-state index in [2.05, 4.69) is 55.9 Å². The molecule has 3 saturated heterocycles. The number of hydrogen-bond acceptors (Lipinski definition) is 11. The minimum Gasteiger partial charge on any atom is -0.390 e. The first-order chi connectivity index (χ1) is 28.8. The van der Waals surface area contributed by atoms with Gasteiger partial charge >= 0.3 is 0 Å². The number of nitrogens with one attached hydrogen (secondary N) is 2. The molecule has 5 aliphatic rings. The number of piperidine rings is 1. The van der Waals surface area contributed by atoms with Crippen molar-refractivity contribution in [2.24, 2.45) is 17.3 Å². The van der Waals surface area contributed by atoms with E-state index in [0.29, 0.717) is 36.9 Å². The van der Waals surface area contributed by atoms with Crippen LogP contribution in [0.5, 0.6) is 0 Å². The molecule has 1 atom stereocenters. The minimum absolute atomic E-state index is 0.188. The topological polar surface area (TPSA) is 158 Å². The summed E-state index contributed by atoms with van der Waals surface area (Å²) in [6, 6.07) is 20.6. The Kier molecular flexibility index (Phi) is 12.6. The summed E-state index contributed by atoms with van der Waals surface area (Å²) in [5, 5.41) is 25.3. The molecular weight excluding hydrogens is 781 g/mol. The van der Waals surface area contributed by atoms with Crippen LogP contribution < -0.4 is 14.9 Å². The molecule has 14 heteroatoms. The summed E-state index contributed by atoms with van der Waals surface area (Å²) in [6.07, 6.45) is 9.92. The van der Waals surface area contributed by atoms with Gasteiger partial charge in [0, 0.05) is 88.4 Å². The highest BCUT2D eigenvalue weighted by molar-refractivity contribution is 7.90. The molecule has 2 saturated carbocycles. The summed E-state index contributed by atoms with van der Waals surface area (Å²) in [7, 11) is -4.39. The molecule has 1 amide bonds. The Morgan fingerprint density at radius 1 is 0.917 bits per heavy atom. The number of benzene rings is 3. The third-order valence-electron chi connectivity index (χ3n) is 14.5. The van der Waals surface area contributed by atoms with Gasteiger partial charge in [0.05, 0.1) is 15.4 Å². The number of hydrogen-bond donors (Lipinski definition) is 3. The van der Waals surface area contributed by atoms with Crippen molar-refractivity contribution < 1.29 is 28.0 Å². The van der Waals surface area contributed by atoms with Crippen LogP contribution in [-0.2, 0) is 14.8 Å². The number of rotatable bonds is 12. The van der Waals surface area contributed by atoms with Crippen LogP contribution in [-0.4, -0.2) is 105 Å².